The Bertz CT molecular complexity index is 323. The van der Waals surface area contributed by atoms with Gasteiger partial charge in [0.15, 0.2) is 0 Å². The molecule has 76 valence electrons. The molecule has 0 heterocycles. The molecular formula is C14H20. The predicted octanol–water partition coefficient (Wildman–Crippen LogP) is 3.95. The zero-order valence-electron chi connectivity index (χ0n) is 9.34. The van der Waals surface area contributed by atoms with E-state index >= 15 is 0 Å². The summed E-state index contributed by atoms with van der Waals surface area (Å²) in [7, 11) is 0. The van der Waals surface area contributed by atoms with Crippen molar-refractivity contribution in [1.82, 2.24) is 0 Å². The van der Waals surface area contributed by atoms with Crippen molar-refractivity contribution in [3.8, 4) is 0 Å². The zero-order valence-corrected chi connectivity index (χ0v) is 9.34. The monoisotopic (exact) mass is 188 g/mol. The summed E-state index contributed by atoms with van der Waals surface area (Å²) in [6.45, 7) is 9.20. The molecule has 0 aromatic heterocycles. The zero-order chi connectivity index (χ0) is 9.92. The van der Waals surface area contributed by atoms with Crippen LogP contribution in [0, 0.1) is 23.2 Å². The second-order valence-corrected chi connectivity index (χ2v) is 5.69. The first-order valence-electron chi connectivity index (χ1n) is 6.04. The molecule has 3 aliphatic carbocycles. The number of allylic oxidation sites excluding steroid dienone is 3. The molecule has 0 radical (unpaired) electrons. The standard InChI is InChI=1S/C14H20/c1-9-5-4-6-11-7-8-12-10(2)13(12)14(9,11)3/h6,9,12-13H,2,4-5,7-8H2,1,3H3. The van der Waals surface area contributed by atoms with Crippen LogP contribution in [0.25, 0.3) is 0 Å². The van der Waals surface area contributed by atoms with Crippen LogP contribution >= 0.6 is 0 Å². The van der Waals surface area contributed by atoms with Crippen LogP contribution in [0.1, 0.15) is 39.5 Å². The third-order valence-corrected chi connectivity index (χ3v) is 5.25. The Hall–Kier alpha value is -0.520. The average Bonchev–Trinajstić information content (AvgIpc) is 2.81. The molecule has 2 fully saturated rings. The van der Waals surface area contributed by atoms with Gasteiger partial charge in [-0.25, -0.2) is 0 Å². The third kappa shape index (κ3) is 0.852. The number of rotatable bonds is 0. The third-order valence-electron chi connectivity index (χ3n) is 5.25. The highest BCUT2D eigenvalue weighted by atomic mass is 14.6. The quantitative estimate of drug-likeness (QED) is 0.505. The fourth-order valence-corrected chi connectivity index (χ4v) is 4.06. The minimum Gasteiger partial charge on any atom is -0.0992 e. The number of hydrogen-bond donors (Lipinski definition) is 0. The van der Waals surface area contributed by atoms with Crippen molar-refractivity contribution >= 4 is 0 Å². The van der Waals surface area contributed by atoms with E-state index in [9.17, 15) is 0 Å². The summed E-state index contributed by atoms with van der Waals surface area (Å²) in [4.78, 5) is 0. The SMILES string of the molecule is C=C1C2CCC3=CCCC(C)C3(C)C12. The van der Waals surface area contributed by atoms with E-state index in [0.29, 0.717) is 5.41 Å². The fourth-order valence-electron chi connectivity index (χ4n) is 4.06. The highest BCUT2D eigenvalue weighted by Crippen LogP contribution is 2.68. The van der Waals surface area contributed by atoms with E-state index in [-0.39, 0.29) is 0 Å². The van der Waals surface area contributed by atoms with Gasteiger partial charge in [0.05, 0.1) is 0 Å². The molecule has 3 aliphatic rings. The van der Waals surface area contributed by atoms with Gasteiger partial charge in [-0.1, -0.05) is 37.6 Å². The van der Waals surface area contributed by atoms with Crippen LogP contribution in [0.4, 0.5) is 0 Å². The average molecular weight is 188 g/mol. The summed E-state index contributed by atoms with van der Waals surface area (Å²) >= 11 is 0. The predicted molar refractivity (Wildman–Crippen MR) is 59.9 cm³/mol. The molecule has 0 aliphatic heterocycles. The van der Waals surface area contributed by atoms with E-state index in [1.807, 2.05) is 0 Å². The Morgan fingerprint density at radius 1 is 1.43 bits per heavy atom. The van der Waals surface area contributed by atoms with E-state index in [1.165, 1.54) is 25.7 Å². The molecular weight excluding hydrogens is 168 g/mol. The van der Waals surface area contributed by atoms with Gasteiger partial charge >= 0.3 is 0 Å². The van der Waals surface area contributed by atoms with Crippen LogP contribution in [0.15, 0.2) is 23.8 Å². The second-order valence-electron chi connectivity index (χ2n) is 5.69. The van der Waals surface area contributed by atoms with Crippen LogP contribution in [-0.2, 0) is 0 Å². The van der Waals surface area contributed by atoms with Gasteiger partial charge < -0.3 is 0 Å². The molecule has 14 heavy (non-hydrogen) atoms. The molecule has 0 bridgehead atoms. The Morgan fingerprint density at radius 3 is 3.00 bits per heavy atom. The highest BCUT2D eigenvalue weighted by Gasteiger charge is 2.59. The molecule has 2 saturated carbocycles. The van der Waals surface area contributed by atoms with E-state index < -0.39 is 0 Å². The molecule has 4 unspecified atom stereocenters. The van der Waals surface area contributed by atoms with Crippen molar-refractivity contribution < 1.29 is 0 Å². The van der Waals surface area contributed by atoms with E-state index in [1.54, 1.807) is 11.1 Å². The second kappa shape index (κ2) is 2.53. The van der Waals surface area contributed by atoms with Crippen molar-refractivity contribution in [1.29, 1.82) is 0 Å². The van der Waals surface area contributed by atoms with Gasteiger partial charge in [0.2, 0.25) is 0 Å². The molecule has 3 rings (SSSR count). The van der Waals surface area contributed by atoms with E-state index in [0.717, 1.165) is 17.8 Å². The smallest absolute Gasteiger partial charge is 0.00195 e. The van der Waals surface area contributed by atoms with Gasteiger partial charge in [0.25, 0.3) is 0 Å². The lowest BCUT2D eigenvalue weighted by molar-refractivity contribution is 0.161. The summed E-state index contributed by atoms with van der Waals surface area (Å²) < 4.78 is 0. The molecule has 0 heteroatoms. The van der Waals surface area contributed by atoms with Gasteiger partial charge in [0.1, 0.15) is 0 Å². The summed E-state index contributed by atoms with van der Waals surface area (Å²) in [5.74, 6) is 2.60. The highest BCUT2D eigenvalue weighted by molar-refractivity contribution is 5.40. The molecule has 0 spiro atoms. The first-order valence-corrected chi connectivity index (χ1v) is 6.04. The maximum atomic E-state index is 4.25. The number of fused-ring (bicyclic) bond motifs is 3. The maximum Gasteiger partial charge on any atom is -0.00195 e. The van der Waals surface area contributed by atoms with Crippen LogP contribution in [0.2, 0.25) is 0 Å². The Labute approximate surface area is 87.1 Å². The van der Waals surface area contributed by atoms with Gasteiger partial charge in [-0.2, -0.15) is 0 Å². The van der Waals surface area contributed by atoms with Gasteiger partial charge in [-0.15, -0.1) is 0 Å². The van der Waals surface area contributed by atoms with Crippen molar-refractivity contribution in [3.05, 3.63) is 23.8 Å². The summed E-state index contributed by atoms with van der Waals surface area (Å²) in [6, 6.07) is 0. The first kappa shape index (κ1) is 8.76. The van der Waals surface area contributed by atoms with Crippen molar-refractivity contribution in [2.24, 2.45) is 23.2 Å². The lowest BCUT2D eigenvalue weighted by Crippen LogP contribution is -2.35. The van der Waals surface area contributed by atoms with E-state index in [4.69, 9.17) is 0 Å². The molecule has 0 aromatic rings. The lowest BCUT2D eigenvalue weighted by atomic mass is 9.60. The van der Waals surface area contributed by atoms with E-state index in [2.05, 4.69) is 26.5 Å². The van der Waals surface area contributed by atoms with Crippen molar-refractivity contribution in [2.75, 3.05) is 0 Å². The molecule has 0 amide bonds. The van der Waals surface area contributed by atoms with Crippen LogP contribution < -0.4 is 0 Å². The maximum absolute atomic E-state index is 4.25. The van der Waals surface area contributed by atoms with Gasteiger partial charge in [-0.3, -0.25) is 0 Å². The minimum atomic E-state index is 0.498. The van der Waals surface area contributed by atoms with Crippen molar-refractivity contribution in [2.45, 2.75) is 39.5 Å². The summed E-state index contributed by atoms with van der Waals surface area (Å²) in [5.41, 5.74) is 3.82. The Balaban J connectivity index is 2.05. The Kier molecular flexibility index (Phi) is 1.59. The number of hydrogen-bond acceptors (Lipinski definition) is 0. The van der Waals surface area contributed by atoms with Crippen LogP contribution in [0.5, 0.6) is 0 Å². The molecule has 0 saturated heterocycles. The minimum absolute atomic E-state index is 0.498. The molecule has 0 nitrogen and oxygen atoms in total. The lowest BCUT2D eigenvalue weighted by Gasteiger charge is -2.44. The van der Waals surface area contributed by atoms with Crippen LogP contribution in [0.3, 0.4) is 0 Å². The molecule has 4 atom stereocenters. The topological polar surface area (TPSA) is 0 Å². The molecule has 0 N–H and O–H groups in total. The van der Waals surface area contributed by atoms with Gasteiger partial charge in [-0.05, 0) is 48.9 Å². The fraction of sp³-hybridized carbons (Fsp3) is 0.714. The first-order chi connectivity index (χ1) is 6.65. The Morgan fingerprint density at radius 2 is 2.21 bits per heavy atom. The molecule has 0 aromatic carbocycles. The summed E-state index contributed by atoms with van der Waals surface area (Å²) in [6.07, 6.45) is 7.97. The normalized spacial score (nSPS) is 50.6. The van der Waals surface area contributed by atoms with Gasteiger partial charge in [0, 0.05) is 0 Å². The van der Waals surface area contributed by atoms with Crippen molar-refractivity contribution in [3.63, 3.8) is 0 Å². The summed E-state index contributed by atoms with van der Waals surface area (Å²) in [5, 5.41) is 0. The largest absolute Gasteiger partial charge is 0.0992 e. The van der Waals surface area contributed by atoms with Crippen LogP contribution in [-0.4, -0.2) is 0 Å².